The predicted octanol–water partition coefficient (Wildman–Crippen LogP) is 4.87. The summed E-state index contributed by atoms with van der Waals surface area (Å²) in [6, 6.07) is 7.61. The lowest BCUT2D eigenvalue weighted by atomic mass is 10.0. The van der Waals surface area contributed by atoms with Gasteiger partial charge in [-0.25, -0.2) is 0 Å². The fourth-order valence-electron chi connectivity index (χ4n) is 2.65. The average Bonchev–Trinajstić information content (AvgIpc) is 2.65. The van der Waals surface area contributed by atoms with E-state index in [1.54, 1.807) is 18.2 Å². The van der Waals surface area contributed by atoms with E-state index in [4.69, 9.17) is 23.2 Å². The molecule has 1 aromatic rings. The van der Waals surface area contributed by atoms with Gasteiger partial charge in [0.2, 0.25) is 0 Å². The van der Waals surface area contributed by atoms with Crippen molar-refractivity contribution in [3.05, 3.63) is 33.8 Å². The van der Waals surface area contributed by atoms with Crippen LogP contribution in [0.2, 0.25) is 10.0 Å². The van der Waals surface area contributed by atoms with Gasteiger partial charge in [-0.05, 0) is 25.0 Å². The Bertz CT molecular complexity index is 439. The Balaban J connectivity index is 2.14. The smallest absolute Gasteiger partial charge is 0.124 e. The molecule has 2 nitrogen and oxygen atoms in total. The van der Waals surface area contributed by atoms with Crippen LogP contribution in [0.1, 0.15) is 50.1 Å². The zero-order valence-corrected chi connectivity index (χ0v) is 12.3. The summed E-state index contributed by atoms with van der Waals surface area (Å²) in [7, 11) is 0. The van der Waals surface area contributed by atoms with E-state index in [1.165, 1.54) is 25.7 Å². The molecule has 0 bridgehead atoms. The molecule has 0 heterocycles. The second kappa shape index (κ2) is 7.14. The van der Waals surface area contributed by atoms with Crippen molar-refractivity contribution in [3.8, 4) is 6.07 Å². The summed E-state index contributed by atoms with van der Waals surface area (Å²) in [5.41, 5.74) is 0.706. The van der Waals surface area contributed by atoms with Gasteiger partial charge in [-0.1, -0.05) is 55.0 Å². The highest BCUT2D eigenvalue weighted by molar-refractivity contribution is 6.36. The van der Waals surface area contributed by atoms with Crippen LogP contribution in [0.5, 0.6) is 0 Å². The van der Waals surface area contributed by atoms with Gasteiger partial charge in [-0.3, -0.25) is 5.32 Å². The second-order valence-corrected chi connectivity index (χ2v) is 5.87. The SMILES string of the molecule is N#CC(NC1CCCCCC1)c1c(Cl)cccc1Cl. The monoisotopic (exact) mass is 296 g/mol. The van der Waals surface area contributed by atoms with Crippen LogP contribution in [0.4, 0.5) is 0 Å². The third kappa shape index (κ3) is 3.86. The molecule has 1 saturated carbocycles. The van der Waals surface area contributed by atoms with E-state index in [0.717, 1.165) is 12.8 Å². The molecule has 1 aliphatic carbocycles. The first kappa shape index (κ1) is 14.7. The molecule has 0 aliphatic heterocycles. The van der Waals surface area contributed by atoms with Crippen molar-refractivity contribution >= 4 is 23.2 Å². The summed E-state index contributed by atoms with van der Waals surface area (Å²) < 4.78 is 0. The summed E-state index contributed by atoms with van der Waals surface area (Å²) in [6.07, 6.45) is 7.29. The van der Waals surface area contributed by atoms with Crippen molar-refractivity contribution in [1.82, 2.24) is 5.32 Å². The lowest BCUT2D eigenvalue weighted by Gasteiger charge is -2.22. The molecule has 2 rings (SSSR count). The number of benzene rings is 1. The minimum absolute atomic E-state index is 0.388. The van der Waals surface area contributed by atoms with E-state index in [9.17, 15) is 5.26 Å². The third-order valence-electron chi connectivity index (χ3n) is 3.68. The first-order valence-electron chi connectivity index (χ1n) is 6.82. The Morgan fingerprint density at radius 3 is 2.21 bits per heavy atom. The molecule has 19 heavy (non-hydrogen) atoms. The van der Waals surface area contributed by atoms with E-state index in [0.29, 0.717) is 21.7 Å². The van der Waals surface area contributed by atoms with E-state index in [2.05, 4.69) is 11.4 Å². The Morgan fingerprint density at radius 1 is 1.11 bits per heavy atom. The number of nitrogens with one attached hydrogen (secondary N) is 1. The van der Waals surface area contributed by atoms with Crippen LogP contribution < -0.4 is 5.32 Å². The van der Waals surface area contributed by atoms with Gasteiger partial charge >= 0.3 is 0 Å². The van der Waals surface area contributed by atoms with Crippen molar-refractivity contribution in [1.29, 1.82) is 5.26 Å². The quantitative estimate of drug-likeness (QED) is 0.808. The largest absolute Gasteiger partial charge is 0.295 e. The highest BCUT2D eigenvalue weighted by Crippen LogP contribution is 2.31. The van der Waals surface area contributed by atoms with Gasteiger partial charge in [0.15, 0.2) is 0 Å². The Kier molecular flexibility index (Phi) is 5.51. The second-order valence-electron chi connectivity index (χ2n) is 5.05. The van der Waals surface area contributed by atoms with E-state index >= 15 is 0 Å². The highest BCUT2D eigenvalue weighted by atomic mass is 35.5. The van der Waals surface area contributed by atoms with Crippen LogP contribution in [-0.2, 0) is 0 Å². The maximum absolute atomic E-state index is 9.40. The predicted molar refractivity (Wildman–Crippen MR) is 79.4 cm³/mol. The maximum Gasteiger partial charge on any atom is 0.124 e. The zero-order valence-electron chi connectivity index (χ0n) is 10.8. The van der Waals surface area contributed by atoms with Crippen molar-refractivity contribution in [2.24, 2.45) is 0 Å². The molecule has 1 fully saturated rings. The molecule has 0 saturated heterocycles. The first-order chi connectivity index (χ1) is 9.22. The number of hydrogen-bond acceptors (Lipinski definition) is 2. The van der Waals surface area contributed by atoms with Gasteiger partial charge in [-0.2, -0.15) is 5.26 Å². The Morgan fingerprint density at radius 2 is 1.68 bits per heavy atom. The molecular formula is C15H18Cl2N2. The number of nitrogens with zero attached hydrogens (tertiary/aromatic N) is 1. The van der Waals surface area contributed by atoms with Gasteiger partial charge in [0.25, 0.3) is 0 Å². The Hall–Kier alpha value is -0.750. The topological polar surface area (TPSA) is 35.8 Å². The number of hydrogen-bond donors (Lipinski definition) is 1. The van der Waals surface area contributed by atoms with Crippen molar-refractivity contribution < 1.29 is 0 Å². The molecule has 4 heteroatoms. The molecule has 0 radical (unpaired) electrons. The van der Waals surface area contributed by atoms with Gasteiger partial charge in [-0.15, -0.1) is 0 Å². The summed E-state index contributed by atoms with van der Waals surface area (Å²) in [5, 5.41) is 13.9. The summed E-state index contributed by atoms with van der Waals surface area (Å²) in [5.74, 6) is 0. The highest BCUT2D eigenvalue weighted by Gasteiger charge is 2.21. The fraction of sp³-hybridized carbons (Fsp3) is 0.533. The number of nitriles is 1. The van der Waals surface area contributed by atoms with Gasteiger partial charge < -0.3 is 0 Å². The van der Waals surface area contributed by atoms with Crippen LogP contribution in [0.3, 0.4) is 0 Å². The van der Waals surface area contributed by atoms with Crippen molar-refractivity contribution in [3.63, 3.8) is 0 Å². The molecule has 1 unspecified atom stereocenters. The first-order valence-corrected chi connectivity index (χ1v) is 7.57. The number of rotatable bonds is 3. The summed E-state index contributed by atoms with van der Waals surface area (Å²) in [4.78, 5) is 0. The Labute approximate surface area is 124 Å². The standard InChI is InChI=1S/C15H18Cl2N2/c16-12-8-5-9-13(17)15(12)14(10-18)19-11-6-3-1-2-4-7-11/h5,8-9,11,14,19H,1-4,6-7H2. The van der Waals surface area contributed by atoms with Crippen LogP contribution in [0.15, 0.2) is 18.2 Å². The molecule has 1 N–H and O–H groups in total. The van der Waals surface area contributed by atoms with E-state index < -0.39 is 6.04 Å². The molecule has 0 spiro atoms. The lowest BCUT2D eigenvalue weighted by Crippen LogP contribution is -2.32. The fourth-order valence-corrected chi connectivity index (χ4v) is 3.27. The zero-order chi connectivity index (χ0) is 13.7. The lowest BCUT2D eigenvalue weighted by molar-refractivity contribution is 0.437. The van der Waals surface area contributed by atoms with Gasteiger partial charge in [0.1, 0.15) is 6.04 Å². The maximum atomic E-state index is 9.40. The third-order valence-corrected chi connectivity index (χ3v) is 4.33. The van der Waals surface area contributed by atoms with Crippen LogP contribution in [0, 0.1) is 11.3 Å². The molecule has 1 atom stereocenters. The minimum Gasteiger partial charge on any atom is -0.295 e. The van der Waals surface area contributed by atoms with Gasteiger partial charge in [0, 0.05) is 21.7 Å². The van der Waals surface area contributed by atoms with E-state index in [-0.39, 0.29) is 0 Å². The summed E-state index contributed by atoms with van der Waals surface area (Å²) >= 11 is 12.4. The van der Waals surface area contributed by atoms with Crippen molar-refractivity contribution in [2.75, 3.05) is 0 Å². The summed E-state index contributed by atoms with van der Waals surface area (Å²) in [6.45, 7) is 0. The average molecular weight is 297 g/mol. The molecule has 1 aromatic carbocycles. The molecule has 1 aliphatic rings. The van der Waals surface area contributed by atoms with Crippen LogP contribution >= 0.6 is 23.2 Å². The van der Waals surface area contributed by atoms with Gasteiger partial charge in [0.05, 0.1) is 6.07 Å². The van der Waals surface area contributed by atoms with E-state index in [1.807, 2.05) is 0 Å². The molecule has 102 valence electrons. The molecular weight excluding hydrogens is 279 g/mol. The van der Waals surface area contributed by atoms with Crippen LogP contribution in [0.25, 0.3) is 0 Å². The molecule has 0 aromatic heterocycles. The minimum atomic E-state index is -0.427. The number of halogens is 2. The van der Waals surface area contributed by atoms with Crippen molar-refractivity contribution in [2.45, 2.75) is 50.6 Å². The molecule has 0 amide bonds. The normalized spacial score (nSPS) is 18.6. The van der Waals surface area contributed by atoms with Crippen LogP contribution in [-0.4, -0.2) is 6.04 Å².